The molecule has 5 nitrogen and oxygen atoms in total. The van der Waals surface area contributed by atoms with Crippen LogP contribution in [0.1, 0.15) is 18.7 Å². The fourth-order valence-electron chi connectivity index (χ4n) is 2.71. The van der Waals surface area contributed by atoms with Crippen LogP contribution in [0.3, 0.4) is 0 Å². The quantitative estimate of drug-likeness (QED) is 0.909. The average molecular weight is 261 g/mol. The van der Waals surface area contributed by atoms with Crippen molar-refractivity contribution in [2.24, 2.45) is 5.73 Å². The van der Waals surface area contributed by atoms with Crippen molar-refractivity contribution in [2.75, 3.05) is 20.3 Å². The van der Waals surface area contributed by atoms with Crippen LogP contribution in [0.25, 0.3) is 11.0 Å². The molecule has 1 aromatic heterocycles. The van der Waals surface area contributed by atoms with E-state index in [-0.39, 0.29) is 12.0 Å². The van der Waals surface area contributed by atoms with Crippen LogP contribution < -0.4 is 10.5 Å². The third kappa shape index (κ3) is 1.99. The summed E-state index contributed by atoms with van der Waals surface area (Å²) < 4.78 is 12.9. The van der Waals surface area contributed by atoms with E-state index in [4.69, 9.17) is 20.2 Å². The van der Waals surface area contributed by atoms with E-state index in [0.717, 1.165) is 29.2 Å². The van der Waals surface area contributed by atoms with Crippen molar-refractivity contribution in [1.82, 2.24) is 9.55 Å². The van der Waals surface area contributed by atoms with Crippen LogP contribution in [0.2, 0.25) is 0 Å². The van der Waals surface area contributed by atoms with E-state index in [9.17, 15) is 0 Å². The number of aromatic nitrogens is 2. The molecule has 0 aliphatic carbocycles. The average Bonchev–Trinajstić information content (AvgIpc) is 3.00. The maximum absolute atomic E-state index is 6.11. The van der Waals surface area contributed by atoms with Gasteiger partial charge in [0.2, 0.25) is 0 Å². The maximum atomic E-state index is 6.11. The van der Waals surface area contributed by atoms with Gasteiger partial charge in [-0.15, -0.1) is 0 Å². The van der Waals surface area contributed by atoms with Gasteiger partial charge in [0, 0.05) is 18.7 Å². The van der Waals surface area contributed by atoms with E-state index in [0.29, 0.717) is 13.2 Å². The Morgan fingerprint density at radius 1 is 1.47 bits per heavy atom. The number of fused-ring (bicyclic) bond motifs is 1. The zero-order valence-corrected chi connectivity index (χ0v) is 11.3. The number of rotatable bonds is 3. The summed E-state index contributed by atoms with van der Waals surface area (Å²) >= 11 is 0. The van der Waals surface area contributed by atoms with E-state index >= 15 is 0 Å². The van der Waals surface area contributed by atoms with Gasteiger partial charge in [-0.05, 0) is 19.1 Å². The molecule has 2 unspecified atom stereocenters. The smallest absolute Gasteiger partial charge is 0.121 e. The Labute approximate surface area is 112 Å². The lowest BCUT2D eigenvalue weighted by Crippen LogP contribution is -2.28. The SMILES string of the molecule is CCn1c(C2COCC2N)nc2cc(OC)ccc21. The summed E-state index contributed by atoms with van der Waals surface area (Å²) in [6.07, 6.45) is 0. The largest absolute Gasteiger partial charge is 0.497 e. The molecule has 0 radical (unpaired) electrons. The predicted molar refractivity (Wildman–Crippen MR) is 73.5 cm³/mol. The normalized spacial score (nSPS) is 23.1. The van der Waals surface area contributed by atoms with Crippen LogP contribution in [0.4, 0.5) is 0 Å². The monoisotopic (exact) mass is 261 g/mol. The van der Waals surface area contributed by atoms with Gasteiger partial charge in [0.15, 0.2) is 0 Å². The van der Waals surface area contributed by atoms with E-state index in [1.165, 1.54) is 0 Å². The van der Waals surface area contributed by atoms with Crippen LogP contribution >= 0.6 is 0 Å². The minimum atomic E-state index is 0.0315. The number of hydrogen-bond donors (Lipinski definition) is 1. The summed E-state index contributed by atoms with van der Waals surface area (Å²) in [7, 11) is 1.67. The van der Waals surface area contributed by atoms with Crippen LogP contribution in [0.5, 0.6) is 5.75 Å². The zero-order chi connectivity index (χ0) is 13.4. The Morgan fingerprint density at radius 3 is 2.95 bits per heavy atom. The van der Waals surface area contributed by atoms with Crippen molar-refractivity contribution in [3.05, 3.63) is 24.0 Å². The molecule has 0 amide bonds. The van der Waals surface area contributed by atoms with Crippen LogP contribution in [0.15, 0.2) is 18.2 Å². The van der Waals surface area contributed by atoms with Gasteiger partial charge in [-0.1, -0.05) is 0 Å². The van der Waals surface area contributed by atoms with Crippen LogP contribution in [-0.4, -0.2) is 35.9 Å². The molecule has 0 bridgehead atoms. The molecule has 0 saturated carbocycles. The van der Waals surface area contributed by atoms with Crippen molar-refractivity contribution < 1.29 is 9.47 Å². The lowest BCUT2D eigenvalue weighted by molar-refractivity contribution is 0.190. The van der Waals surface area contributed by atoms with Crippen LogP contribution in [0, 0.1) is 0 Å². The molecule has 5 heteroatoms. The Hall–Kier alpha value is -1.59. The van der Waals surface area contributed by atoms with Crippen LogP contribution in [-0.2, 0) is 11.3 Å². The molecule has 0 spiro atoms. The highest BCUT2D eigenvalue weighted by Gasteiger charge is 2.30. The molecular weight excluding hydrogens is 242 g/mol. The highest BCUT2D eigenvalue weighted by Crippen LogP contribution is 2.29. The lowest BCUT2D eigenvalue weighted by atomic mass is 10.0. The first-order chi connectivity index (χ1) is 9.24. The molecule has 2 aromatic rings. The first-order valence-electron chi connectivity index (χ1n) is 6.62. The number of hydrogen-bond acceptors (Lipinski definition) is 4. The Bertz CT molecular complexity index is 594. The number of methoxy groups -OCH3 is 1. The van der Waals surface area contributed by atoms with E-state index in [1.54, 1.807) is 7.11 Å². The highest BCUT2D eigenvalue weighted by molar-refractivity contribution is 5.78. The molecule has 3 rings (SSSR count). The van der Waals surface area contributed by atoms with Gasteiger partial charge in [0.1, 0.15) is 11.6 Å². The van der Waals surface area contributed by atoms with Gasteiger partial charge < -0.3 is 19.8 Å². The summed E-state index contributed by atoms with van der Waals surface area (Å²) in [4.78, 5) is 4.75. The Kier molecular flexibility index (Phi) is 3.16. The van der Waals surface area contributed by atoms with E-state index in [1.807, 2.05) is 12.1 Å². The molecule has 2 heterocycles. The number of benzene rings is 1. The first kappa shape index (κ1) is 12.4. The van der Waals surface area contributed by atoms with Gasteiger partial charge in [-0.25, -0.2) is 4.98 Å². The summed E-state index contributed by atoms with van der Waals surface area (Å²) in [5, 5.41) is 0. The number of nitrogens with two attached hydrogens (primary N) is 1. The standard InChI is InChI=1S/C14H19N3O2/c1-3-17-13-5-4-9(18-2)6-12(13)16-14(17)10-7-19-8-11(10)15/h4-6,10-11H,3,7-8,15H2,1-2H3. The van der Waals surface area contributed by atoms with E-state index < -0.39 is 0 Å². The topological polar surface area (TPSA) is 62.3 Å². The molecule has 102 valence electrons. The fourth-order valence-corrected chi connectivity index (χ4v) is 2.71. The first-order valence-corrected chi connectivity index (χ1v) is 6.62. The second-order valence-electron chi connectivity index (χ2n) is 4.88. The minimum absolute atomic E-state index is 0.0315. The molecule has 1 aromatic carbocycles. The third-order valence-corrected chi connectivity index (χ3v) is 3.76. The molecule has 1 saturated heterocycles. The zero-order valence-electron chi connectivity index (χ0n) is 11.3. The van der Waals surface area contributed by atoms with Gasteiger partial charge in [0.05, 0.1) is 37.3 Å². The second kappa shape index (κ2) is 4.83. The molecule has 1 fully saturated rings. The van der Waals surface area contributed by atoms with Gasteiger partial charge in [-0.2, -0.15) is 0 Å². The highest BCUT2D eigenvalue weighted by atomic mass is 16.5. The number of ether oxygens (including phenoxy) is 2. The summed E-state index contributed by atoms with van der Waals surface area (Å²) in [5.74, 6) is 2.03. The maximum Gasteiger partial charge on any atom is 0.121 e. The predicted octanol–water partition coefficient (Wildman–Crippen LogP) is 1.51. The summed E-state index contributed by atoms with van der Waals surface area (Å²) in [6.45, 7) is 4.26. The number of imidazole rings is 1. The fraction of sp³-hybridized carbons (Fsp3) is 0.500. The van der Waals surface area contributed by atoms with Gasteiger partial charge in [0.25, 0.3) is 0 Å². The Balaban J connectivity index is 2.13. The van der Waals surface area contributed by atoms with Crippen molar-refractivity contribution in [3.63, 3.8) is 0 Å². The van der Waals surface area contributed by atoms with Gasteiger partial charge >= 0.3 is 0 Å². The summed E-state index contributed by atoms with van der Waals surface area (Å²) in [5.41, 5.74) is 8.19. The molecule has 2 N–H and O–H groups in total. The molecule has 1 aliphatic heterocycles. The van der Waals surface area contributed by atoms with E-state index in [2.05, 4.69) is 17.6 Å². The number of aryl methyl sites for hydroxylation is 1. The molecule has 2 atom stereocenters. The van der Waals surface area contributed by atoms with Crippen molar-refractivity contribution in [1.29, 1.82) is 0 Å². The van der Waals surface area contributed by atoms with Crippen molar-refractivity contribution >= 4 is 11.0 Å². The third-order valence-electron chi connectivity index (χ3n) is 3.76. The molecular formula is C14H19N3O2. The second-order valence-corrected chi connectivity index (χ2v) is 4.88. The Morgan fingerprint density at radius 2 is 2.32 bits per heavy atom. The number of nitrogens with zero attached hydrogens (tertiary/aromatic N) is 2. The minimum Gasteiger partial charge on any atom is -0.497 e. The lowest BCUT2D eigenvalue weighted by Gasteiger charge is -2.14. The summed E-state index contributed by atoms with van der Waals surface area (Å²) in [6, 6.07) is 6.01. The molecule has 1 aliphatic rings. The van der Waals surface area contributed by atoms with Crippen molar-refractivity contribution in [3.8, 4) is 5.75 Å². The van der Waals surface area contributed by atoms with Crippen molar-refractivity contribution in [2.45, 2.75) is 25.4 Å². The van der Waals surface area contributed by atoms with Gasteiger partial charge in [-0.3, -0.25) is 0 Å². The molecule has 19 heavy (non-hydrogen) atoms.